The molecule has 9 nitrogen and oxygen atoms in total. The molecule has 0 bridgehead atoms. The third-order valence-corrected chi connectivity index (χ3v) is 8.81. The summed E-state index contributed by atoms with van der Waals surface area (Å²) in [5, 5.41) is 23.4. The van der Waals surface area contributed by atoms with E-state index in [0.717, 1.165) is 75.2 Å². The van der Waals surface area contributed by atoms with Gasteiger partial charge < -0.3 is 15.4 Å². The van der Waals surface area contributed by atoms with Crippen molar-refractivity contribution >= 4 is 23.4 Å². The number of rotatable bonds is 10. The third kappa shape index (κ3) is 6.50. The van der Waals surface area contributed by atoms with Crippen molar-refractivity contribution in [2.75, 3.05) is 23.8 Å². The molecule has 0 radical (unpaired) electrons. The molecule has 208 valence electrons. The topological polar surface area (TPSA) is 129 Å². The van der Waals surface area contributed by atoms with Gasteiger partial charge in [0.1, 0.15) is 11.6 Å². The molecule has 3 aliphatic rings. The SMILES string of the molecule is N#Cc1cccc(C2CC(CC(=O)CC3CCC(Nc4nccc(Nc5cc(C6CCOC6)[nH]n5)n4)CC3)C2)c1. The first kappa shape index (κ1) is 26.5. The van der Waals surface area contributed by atoms with E-state index in [-0.39, 0.29) is 0 Å². The Morgan fingerprint density at radius 1 is 1.02 bits per heavy atom. The number of benzene rings is 1. The van der Waals surface area contributed by atoms with Gasteiger partial charge in [0.25, 0.3) is 0 Å². The van der Waals surface area contributed by atoms with Crippen LogP contribution in [0.3, 0.4) is 0 Å². The van der Waals surface area contributed by atoms with Crippen molar-refractivity contribution in [1.82, 2.24) is 20.2 Å². The van der Waals surface area contributed by atoms with Gasteiger partial charge in [0.2, 0.25) is 5.95 Å². The van der Waals surface area contributed by atoms with Gasteiger partial charge in [-0.15, -0.1) is 0 Å². The van der Waals surface area contributed by atoms with Crippen LogP contribution in [0.5, 0.6) is 0 Å². The Balaban J connectivity index is 0.913. The number of nitriles is 1. The molecular weight excluding hydrogens is 502 g/mol. The Morgan fingerprint density at radius 3 is 2.67 bits per heavy atom. The molecule has 3 heterocycles. The van der Waals surface area contributed by atoms with E-state index in [4.69, 9.17) is 10.00 Å². The van der Waals surface area contributed by atoms with Crippen LogP contribution in [0.25, 0.3) is 0 Å². The van der Waals surface area contributed by atoms with Crippen molar-refractivity contribution in [1.29, 1.82) is 5.26 Å². The number of hydrogen-bond acceptors (Lipinski definition) is 8. The van der Waals surface area contributed by atoms with E-state index < -0.39 is 0 Å². The first-order chi connectivity index (χ1) is 19.6. The van der Waals surface area contributed by atoms with Crippen molar-refractivity contribution in [3.63, 3.8) is 0 Å². The standard InChI is InChI=1S/C31H37N7O2/c32-18-21-2-1-3-23(12-21)25-13-22(14-25)16-27(39)15-20-4-6-26(7-5-20)34-31-33-10-8-29(36-31)35-30-17-28(37-38-30)24-9-11-40-19-24/h1-3,8,10,12,17,20,22,24-26H,4-7,9,11,13-16,19H2,(H3,33,34,35,36,37,38). The summed E-state index contributed by atoms with van der Waals surface area (Å²) in [6, 6.07) is 14.3. The summed E-state index contributed by atoms with van der Waals surface area (Å²) < 4.78 is 5.48. The van der Waals surface area contributed by atoms with E-state index in [0.29, 0.717) is 60.1 Å². The fourth-order valence-corrected chi connectivity index (χ4v) is 6.48. The normalized spacial score (nSPS) is 26.0. The lowest BCUT2D eigenvalue weighted by atomic mass is 9.69. The largest absolute Gasteiger partial charge is 0.381 e. The van der Waals surface area contributed by atoms with Gasteiger partial charge in [-0.1, -0.05) is 12.1 Å². The highest BCUT2D eigenvalue weighted by Gasteiger charge is 2.32. The van der Waals surface area contributed by atoms with Crippen LogP contribution < -0.4 is 10.6 Å². The van der Waals surface area contributed by atoms with Crippen LogP contribution in [0, 0.1) is 23.2 Å². The number of ether oxygens (including phenoxy) is 1. The summed E-state index contributed by atoms with van der Waals surface area (Å²) in [6.07, 6.45) is 10.4. The molecule has 1 unspecified atom stereocenters. The summed E-state index contributed by atoms with van der Waals surface area (Å²) in [4.78, 5) is 21.9. The third-order valence-electron chi connectivity index (χ3n) is 8.81. The van der Waals surface area contributed by atoms with Gasteiger partial charge in [0, 0.05) is 49.4 Å². The van der Waals surface area contributed by atoms with Crippen LogP contribution >= 0.6 is 0 Å². The average Bonchev–Trinajstić information content (AvgIpc) is 3.64. The van der Waals surface area contributed by atoms with Crippen molar-refractivity contribution in [2.45, 2.75) is 75.7 Å². The lowest BCUT2D eigenvalue weighted by Crippen LogP contribution is -2.29. The quantitative estimate of drug-likeness (QED) is 0.293. The number of ketones is 1. The van der Waals surface area contributed by atoms with Crippen molar-refractivity contribution in [3.8, 4) is 6.07 Å². The molecule has 1 aliphatic heterocycles. The Morgan fingerprint density at radius 2 is 1.88 bits per heavy atom. The predicted molar refractivity (Wildman–Crippen MR) is 152 cm³/mol. The zero-order chi connectivity index (χ0) is 27.3. The van der Waals surface area contributed by atoms with Gasteiger partial charge in [0.15, 0.2) is 5.82 Å². The molecule has 1 aromatic carbocycles. The molecule has 3 N–H and O–H groups in total. The number of anilines is 3. The Hall–Kier alpha value is -3.77. The van der Waals surface area contributed by atoms with Gasteiger partial charge in [-0.2, -0.15) is 15.3 Å². The first-order valence-corrected chi connectivity index (χ1v) is 14.6. The van der Waals surface area contributed by atoms with Crippen LogP contribution in [0.15, 0.2) is 42.6 Å². The lowest BCUT2D eigenvalue weighted by Gasteiger charge is -2.36. The van der Waals surface area contributed by atoms with Gasteiger partial charge in [-0.3, -0.25) is 9.89 Å². The predicted octanol–water partition coefficient (Wildman–Crippen LogP) is 5.83. The first-order valence-electron chi connectivity index (χ1n) is 14.6. The van der Waals surface area contributed by atoms with Gasteiger partial charge in [-0.25, -0.2) is 4.98 Å². The van der Waals surface area contributed by atoms with E-state index in [9.17, 15) is 4.79 Å². The second kappa shape index (κ2) is 12.2. The number of aromatic amines is 1. The highest BCUT2D eigenvalue weighted by Crippen LogP contribution is 2.44. The van der Waals surface area contributed by atoms with E-state index in [1.807, 2.05) is 30.3 Å². The molecule has 3 fully saturated rings. The van der Waals surface area contributed by atoms with Crippen LogP contribution in [0.2, 0.25) is 0 Å². The molecule has 2 aromatic heterocycles. The molecule has 2 saturated carbocycles. The molecule has 40 heavy (non-hydrogen) atoms. The molecule has 1 atom stereocenters. The van der Waals surface area contributed by atoms with Crippen LogP contribution in [-0.4, -0.2) is 45.2 Å². The monoisotopic (exact) mass is 539 g/mol. The molecule has 0 amide bonds. The number of carbonyl (C=O) groups excluding carboxylic acids is 1. The fraction of sp³-hybridized carbons (Fsp3) is 0.516. The summed E-state index contributed by atoms with van der Waals surface area (Å²) >= 11 is 0. The molecule has 9 heteroatoms. The molecular formula is C31H37N7O2. The fourth-order valence-electron chi connectivity index (χ4n) is 6.48. The molecule has 1 saturated heterocycles. The number of aromatic nitrogens is 4. The highest BCUT2D eigenvalue weighted by atomic mass is 16.5. The maximum Gasteiger partial charge on any atom is 0.224 e. The minimum Gasteiger partial charge on any atom is -0.381 e. The van der Waals surface area contributed by atoms with E-state index in [1.165, 1.54) is 5.56 Å². The van der Waals surface area contributed by atoms with Crippen LogP contribution in [0.1, 0.15) is 86.4 Å². The Labute approximate surface area is 235 Å². The van der Waals surface area contributed by atoms with Gasteiger partial charge in [-0.05, 0) is 86.5 Å². The van der Waals surface area contributed by atoms with E-state index >= 15 is 0 Å². The number of H-pyrrole nitrogens is 1. The number of hydrogen-bond donors (Lipinski definition) is 3. The number of Topliss-reactive ketones (excluding diaryl/α,β-unsaturated/α-hetero) is 1. The Bertz CT molecular complexity index is 1350. The Kier molecular flexibility index (Phi) is 8.05. The molecule has 0 spiro atoms. The smallest absolute Gasteiger partial charge is 0.224 e. The molecule has 2 aliphatic carbocycles. The summed E-state index contributed by atoms with van der Waals surface area (Å²) in [5.41, 5.74) is 3.04. The number of nitrogens with one attached hydrogen (secondary N) is 3. The maximum absolute atomic E-state index is 12.8. The molecule has 6 rings (SSSR count). The highest BCUT2D eigenvalue weighted by molar-refractivity contribution is 5.79. The molecule has 3 aromatic rings. The number of carbonyl (C=O) groups is 1. The van der Waals surface area contributed by atoms with Crippen molar-refractivity contribution < 1.29 is 9.53 Å². The minimum absolute atomic E-state index is 0.317. The average molecular weight is 540 g/mol. The minimum atomic E-state index is 0.317. The second-order valence-corrected chi connectivity index (χ2v) is 11.7. The zero-order valence-electron chi connectivity index (χ0n) is 22.8. The summed E-state index contributed by atoms with van der Waals surface area (Å²) in [5.74, 6) is 4.30. The van der Waals surface area contributed by atoms with Crippen LogP contribution in [-0.2, 0) is 9.53 Å². The van der Waals surface area contributed by atoms with E-state index in [2.05, 4.69) is 42.9 Å². The van der Waals surface area contributed by atoms with Crippen molar-refractivity contribution in [3.05, 3.63) is 59.4 Å². The van der Waals surface area contributed by atoms with Crippen LogP contribution in [0.4, 0.5) is 17.6 Å². The lowest BCUT2D eigenvalue weighted by molar-refractivity contribution is -0.121. The number of nitrogens with zero attached hydrogens (tertiary/aromatic N) is 4. The van der Waals surface area contributed by atoms with Gasteiger partial charge >= 0.3 is 0 Å². The van der Waals surface area contributed by atoms with Gasteiger partial charge in [0.05, 0.1) is 18.2 Å². The summed E-state index contributed by atoms with van der Waals surface area (Å²) in [6.45, 7) is 1.54. The summed E-state index contributed by atoms with van der Waals surface area (Å²) in [7, 11) is 0. The van der Waals surface area contributed by atoms with Crippen molar-refractivity contribution in [2.24, 2.45) is 11.8 Å². The zero-order valence-corrected chi connectivity index (χ0v) is 22.8. The van der Waals surface area contributed by atoms with E-state index in [1.54, 1.807) is 6.20 Å². The second-order valence-electron chi connectivity index (χ2n) is 11.7. The maximum atomic E-state index is 12.8.